The molecule has 2 heteroatoms. The maximum absolute atomic E-state index is 5.39. The second-order valence-electron chi connectivity index (χ2n) is 2.77. The van der Waals surface area contributed by atoms with E-state index in [-0.39, 0.29) is 6.29 Å². The molecule has 2 heterocycles. The average Bonchev–Trinajstić information content (AvgIpc) is 2.14. The zero-order chi connectivity index (χ0) is 6.27. The van der Waals surface area contributed by atoms with Gasteiger partial charge in [0.05, 0.1) is 12.7 Å². The molecule has 2 saturated heterocycles. The van der Waals surface area contributed by atoms with Crippen molar-refractivity contribution < 1.29 is 9.47 Å². The van der Waals surface area contributed by atoms with Gasteiger partial charge in [-0.15, -0.1) is 0 Å². The summed E-state index contributed by atoms with van der Waals surface area (Å²) in [5.41, 5.74) is 0. The maximum Gasteiger partial charge on any atom is 0.163 e. The largest absolute Gasteiger partial charge is 0.352 e. The summed E-state index contributed by atoms with van der Waals surface area (Å²) in [6.45, 7) is 3.07. The Labute approximate surface area is 55.1 Å². The molecule has 0 aromatic heterocycles. The Hall–Kier alpha value is -0.0800. The van der Waals surface area contributed by atoms with Crippen LogP contribution >= 0.6 is 0 Å². The summed E-state index contributed by atoms with van der Waals surface area (Å²) in [5, 5.41) is 0. The molecular formula is C7H12O2. The Morgan fingerprint density at radius 3 is 3.11 bits per heavy atom. The number of ether oxygens (including phenoxy) is 2. The van der Waals surface area contributed by atoms with E-state index in [4.69, 9.17) is 9.47 Å². The highest BCUT2D eigenvalue weighted by molar-refractivity contribution is 4.85. The third kappa shape index (κ3) is 0.700. The van der Waals surface area contributed by atoms with E-state index in [1.165, 1.54) is 6.42 Å². The number of rotatable bonds is 1. The van der Waals surface area contributed by atoms with E-state index in [1.807, 2.05) is 0 Å². The van der Waals surface area contributed by atoms with E-state index in [0.29, 0.717) is 6.10 Å². The van der Waals surface area contributed by atoms with Crippen LogP contribution in [0.3, 0.4) is 0 Å². The number of fused-ring (bicyclic) bond motifs is 1. The van der Waals surface area contributed by atoms with Gasteiger partial charge in [-0.2, -0.15) is 0 Å². The molecule has 2 aliphatic rings. The molecule has 0 aromatic carbocycles. The van der Waals surface area contributed by atoms with Crippen molar-refractivity contribution in [2.75, 3.05) is 6.61 Å². The van der Waals surface area contributed by atoms with Crippen LogP contribution in [0.25, 0.3) is 0 Å². The van der Waals surface area contributed by atoms with Crippen LogP contribution < -0.4 is 0 Å². The predicted octanol–water partition coefficient (Wildman–Crippen LogP) is 1.16. The second kappa shape index (κ2) is 1.96. The third-order valence-corrected chi connectivity index (χ3v) is 2.27. The van der Waals surface area contributed by atoms with Crippen molar-refractivity contribution in [1.29, 1.82) is 0 Å². The van der Waals surface area contributed by atoms with Crippen molar-refractivity contribution in [2.45, 2.75) is 32.2 Å². The molecule has 0 aliphatic carbocycles. The van der Waals surface area contributed by atoms with E-state index in [2.05, 4.69) is 6.92 Å². The molecule has 0 N–H and O–H groups in total. The molecule has 2 rings (SSSR count). The van der Waals surface area contributed by atoms with E-state index in [0.717, 1.165) is 18.9 Å². The van der Waals surface area contributed by atoms with Gasteiger partial charge in [-0.25, -0.2) is 0 Å². The Morgan fingerprint density at radius 1 is 1.56 bits per heavy atom. The molecule has 0 spiro atoms. The molecule has 0 bridgehead atoms. The lowest BCUT2D eigenvalue weighted by atomic mass is 9.93. The van der Waals surface area contributed by atoms with Crippen LogP contribution in [0.4, 0.5) is 0 Å². The molecule has 0 radical (unpaired) electrons. The summed E-state index contributed by atoms with van der Waals surface area (Å²) in [4.78, 5) is 0. The Bertz CT molecular complexity index is 113. The summed E-state index contributed by atoms with van der Waals surface area (Å²) < 4.78 is 10.7. The first-order valence-corrected chi connectivity index (χ1v) is 3.69. The van der Waals surface area contributed by atoms with Crippen molar-refractivity contribution in [1.82, 2.24) is 0 Å². The Morgan fingerprint density at radius 2 is 2.44 bits per heavy atom. The van der Waals surface area contributed by atoms with Gasteiger partial charge in [-0.1, -0.05) is 6.92 Å². The van der Waals surface area contributed by atoms with Crippen LogP contribution in [-0.4, -0.2) is 19.0 Å². The van der Waals surface area contributed by atoms with Crippen LogP contribution in [0.2, 0.25) is 0 Å². The van der Waals surface area contributed by atoms with Crippen molar-refractivity contribution in [3.05, 3.63) is 0 Å². The second-order valence-corrected chi connectivity index (χ2v) is 2.77. The highest BCUT2D eigenvalue weighted by Crippen LogP contribution is 2.38. The maximum atomic E-state index is 5.39. The van der Waals surface area contributed by atoms with Gasteiger partial charge < -0.3 is 9.47 Å². The number of hydrogen-bond donors (Lipinski definition) is 0. The van der Waals surface area contributed by atoms with Gasteiger partial charge in [0.1, 0.15) is 0 Å². The van der Waals surface area contributed by atoms with Crippen LogP contribution in [-0.2, 0) is 9.47 Å². The predicted molar refractivity (Wildman–Crippen MR) is 33.0 cm³/mol. The quantitative estimate of drug-likeness (QED) is 0.527. The minimum atomic E-state index is 0.176. The summed E-state index contributed by atoms with van der Waals surface area (Å²) in [5.74, 6) is 0.731. The van der Waals surface area contributed by atoms with Crippen molar-refractivity contribution >= 4 is 0 Å². The average molecular weight is 128 g/mol. The lowest BCUT2D eigenvalue weighted by molar-refractivity contribution is -0.263. The van der Waals surface area contributed by atoms with Crippen LogP contribution in [0.15, 0.2) is 0 Å². The van der Waals surface area contributed by atoms with Crippen molar-refractivity contribution in [3.8, 4) is 0 Å². The minimum Gasteiger partial charge on any atom is -0.352 e. The zero-order valence-corrected chi connectivity index (χ0v) is 5.67. The van der Waals surface area contributed by atoms with Gasteiger partial charge in [0, 0.05) is 5.92 Å². The zero-order valence-electron chi connectivity index (χ0n) is 5.67. The molecule has 3 atom stereocenters. The van der Waals surface area contributed by atoms with Gasteiger partial charge in [0.2, 0.25) is 0 Å². The standard InChI is InChI=1S/C7H12O2/c1-2-6-5-3-4-8-7(5)9-6/h5-7H,2-4H2,1H3/t5-,6?,7+/m0/s1. The van der Waals surface area contributed by atoms with E-state index < -0.39 is 0 Å². The smallest absolute Gasteiger partial charge is 0.163 e. The monoisotopic (exact) mass is 128 g/mol. The normalized spacial score (nSPS) is 48.3. The van der Waals surface area contributed by atoms with Crippen LogP contribution in [0, 0.1) is 5.92 Å². The van der Waals surface area contributed by atoms with Crippen molar-refractivity contribution in [3.63, 3.8) is 0 Å². The fraction of sp³-hybridized carbons (Fsp3) is 1.00. The summed E-state index contributed by atoms with van der Waals surface area (Å²) in [7, 11) is 0. The lowest BCUT2D eigenvalue weighted by Gasteiger charge is -2.38. The molecule has 2 fully saturated rings. The first-order chi connectivity index (χ1) is 4.42. The SMILES string of the molecule is CCC1O[C@H]2OCC[C@@H]12. The fourth-order valence-corrected chi connectivity index (χ4v) is 1.66. The van der Waals surface area contributed by atoms with Gasteiger partial charge >= 0.3 is 0 Å². The molecule has 2 nitrogen and oxygen atoms in total. The Balaban J connectivity index is 1.93. The van der Waals surface area contributed by atoms with Crippen molar-refractivity contribution in [2.24, 2.45) is 5.92 Å². The van der Waals surface area contributed by atoms with E-state index in [1.54, 1.807) is 0 Å². The molecule has 0 aromatic rings. The highest BCUT2D eigenvalue weighted by atomic mass is 16.7. The van der Waals surface area contributed by atoms with Gasteiger partial charge in [-0.3, -0.25) is 0 Å². The summed E-state index contributed by atoms with van der Waals surface area (Å²) in [6.07, 6.45) is 3.04. The molecule has 0 amide bonds. The minimum absolute atomic E-state index is 0.176. The molecule has 2 aliphatic heterocycles. The summed E-state index contributed by atoms with van der Waals surface area (Å²) >= 11 is 0. The third-order valence-electron chi connectivity index (χ3n) is 2.27. The van der Waals surface area contributed by atoms with E-state index >= 15 is 0 Å². The molecule has 52 valence electrons. The molecule has 9 heavy (non-hydrogen) atoms. The number of hydrogen-bond acceptors (Lipinski definition) is 2. The van der Waals surface area contributed by atoms with Gasteiger partial charge in [0.25, 0.3) is 0 Å². The van der Waals surface area contributed by atoms with Crippen LogP contribution in [0.1, 0.15) is 19.8 Å². The first kappa shape index (κ1) is 5.69. The first-order valence-electron chi connectivity index (χ1n) is 3.69. The van der Waals surface area contributed by atoms with Gasteiger partial charge in [-0.05, 0) is 12.8 Å². The molecule has 1 unspecified atom stereocenters. The van der Waals surface area contributed by atoms with Crippen LogP contribution in [0.5, 0.6) is 0 Å². The summed E-state index contributed by atoms with van der Waals surface area (Å²) in [6, 6.07) is 0. The van der Waals surface area contributed by atoms with Gasteiger partial charge in [0.15, 0.2) is 6.29 Å². The van der Waals surface area contributed by atoms with E-state index in [9.17, 15) is 0 Å². The topological polar surface area (TPSA) is 18.5 Å². The highest BCUT2D eigenvalue weighted by Gasteiger charge is 2.45. The molecule has 0 saturated carbocycles. The fourth-order valence-electron chi connectivity index (χ4n) is 1.66. The molecular weight excluding hydrogens is 116 g/mol. The lowest BCUT2D eigenvalue weighted by Crippen LogP contribution is -2.45. The Kier molecular flexibility index (Phi) is 1.24.